The minimum Gasteiger partial charge on any atom is -0.205 e. The van der Waals surface area contributed by atoms with Gasteiger partial charge >= 0.3 is 0 Å². The van der Waals surface area contributed by atoms with Crippen LogP contribution >= 0.6 is 35.1 Å². The highest BCUT2D eigenvalue weighted by Crippen LogP contribution is 2.35. The van der Waals surface area contributed by atoms with E-state index in [4.69, 9.17) is 23.2 Å². The van der Waals surface area contributed by atoms with Crippen LogP contribution in [-0.4, -0.2) is 12.6 Å². The molecule has 0 radical (unpaired) electrons. The number of rotatable bonds is 5. The highest BCUT2D eigenvalue weighted by atomic mass is 35.5. The Balaban J connectivity index is 2.53. The van der Waals surface area contributed by atoms with Crippen molar-refractivity contribution in [2.24, 2.45) is 0 Å². The zero-order chi connectivity index (χ0) is 15.5. The van der Waals surface area contributed by atoms with Crippen LogP contribution in [0.1, 0.15) is 5.56 Å². The predicted molar refractivity (Wildman–Crippen MR) is 90.4 cm³/mol. The SMILES string of the molecule is Cc1ccccc1S(=O)(=O)N(SC(Cl)Cl)c1ccccc1. The van der Waals surface area contributed by atoms with Crippen LogP contribution in [0, 0.1) is 6.92 Å². The molecule has 0 heterocycles. The lowest BCUT2D eigenvalue weighted by molar-refractivity contribution is 0.598. The predicted octanol–water partition coefficient (Wildman–Crippen LogP) is 4.60. The molecule has 0 aliphatic rings. The first kappa shape index (κ1) is 16.5. The topological polar surface area (TPSA) is 37.4 Å². The summed E-state index contributed by atoms with van der Waals surface area (Å²) in [6.07, 6.45) is 0. The Bertz CT molecular complexity index is 706. The van der Waals surface area contributed by atoms with E-state index in [0.717, 1.165) is 15.7 Å². The van der Waals surface area contributed by atoms with Gasteiger partial charge in [-0.15, -0.1) is 0 Å². The van der Waals surface area contributed by atoms with Crippen LogP contribution in [0.3, 0.4) is 0 Å². The molecule has 2 aromatic carbocycles. The van der Waals surface area contributed by atoms with Gasteiger partial charge in [0.2, 0.25) is 0 Å². The number of aryl methyl sites for hydroxylation is 1. The second kappa shape index (κ2) is 6.92. The number of halogens is 2. The lowest BCUT2D eigenvalue weighted by atomic mass is 10.2. The summed E-state index contributed by atoms with van der Waals surface area (Å²) < 4.78 is 26.0. The fourth-order valence-electron chi connectivity index (χ4n) is 1.81. The molecule has 7 heteroatoms. The summed E-state index contributed by atoms with van der Waals surface area (Å²) in [7, 11) is -3.75. The highest BCUT2D eigenvalue weighted by Gasteiger charge is 2.28. The quantitative estimate of drug-likeness (QED) is 0.576. The number of hydrogen-bond donors (Lipinski definition) is 0. The van der Waals surface area contributed by atoms with Gasteiger partial charge in [0, 0.05) is 11.9 Å². The van der Waals surface area contributed by atoms with Gasteiger partial charge in [0.1, 0.15) is 0 Å². The smallest absolute Gasteiger partial charge is 0.205 e. The number of para-hydroxylation sites is 1. The van der Waals surface area contributed by atoms with E-state index in [-0.39, 0.29) is 4.90 Å². The van der Waals surface area contributed by atoms with Crippen LogP contribution in [0.5, 0.6) is 0 Å². The maximum absolute atomic E-state index is 12.9. The Morgan fingerprint density at radius 1 is 1.00 bits per heavy atom. The first-order valence-corrected chi connectivity index (χ1v) is 9.19. The first-order chi connectivity index (χ1) is 9.93. The highest BCUT2D eigenvalue weighted by molar-refractivity contribution is 8.16. The molecule has 0 bridgehead atoms. The Labute approximate surface area is 139 Å². The molecule has 0 unspecified atom stereocenters. The summed E-state index contributed by atoms with van der Waals surface area (Å²) in [5.74, 6) is 0. The summed E-state index contributed by atoms with van der Waals surface area (Å²) in [5.41, 5.74) is 1.16. The third-order valence-corrected chi connectivity index (χ3v) is 6.28. The van der Waals surface area contributed by atoms with Crippen LogP contribution in [0.4, 0.5) is 5.69 Å². The van der Waals surface area contributed by atoms with E-state index in [1.807, 2.05) is 6.07 Å². The largest absolute Gasteiger partial charge is 0.274 e. The van der Waals surface area contributed by atoms with Gasteiger partial charge in [-0.2, -0.15) is 0 Å². The fourth-order valence-corrected chi connectivity index (χ4v) is 5.22. The van der Waals surface area contributed by atoms with Crippen molar-refractivity contribution in [1.82, 2.24) is 0 Å². The number of anilines is 1. The van der Waals surface area contributed by atoms with Crippen LogP contribution in [-0.2, 0) is 10.0 Å². The normalized spacial score (nSPS) is 11.6. The van der Waals surface area contributed by atoms with Crippen molar-refractivity contribution in [3.05, 3.63) is 60.2 Å². The van der Waals surface area contributed by atoms with Gasteiger partial charge in [-0.05, 0) is 30.7 Å². The average Bonchev–Trinajstić information content (AvgIpc) is 2.45. The third-order valence-electron chi connectivity index (χ3n) is 2.73. The number of benzene rings is 2. The van der Waals surface area contributed by atoms with Crippen LogP contribution in [0.15, 0.2) is 59.5 Å². The molecule has 0 N–H and O–H groups in total. The van der Waals surface area contributed by atoms with E-state index < -0.39 is 14.2 Å². The number of nitrogens with zero attached hydrogens (tertiary/aromatic N) is 1. The van der Waals surface area contributed by atoms with Crippen LogP contribution < -0.4 is 3.71 Å². The Hall–Kier alpha value is -0.880. The van der Waals surface area contributed by atoms with Gasteiger partial charge < -0.3 is 0 Å². The molecule has 0 saturated carbocycles. The zero-order valence-corrected chi connectivity index (χ0v) is 14.3. The average molecular weight is 362 g/mol. The Morgan fingerprint density at radius 3 is 2.14 bits per heavy atom. The van der Waals surface area contributed by atoms with Gasteiger partial charge in [0.15, 0.2) is 4.17 Å². The monoisotopic (exact) mass is 361 g/mol. The lowest BCUT2D eigenvalue weighted by Crippen LogP contribution is -2.26. The minimum absolute atomic E-state index is 0.232. The summed E-state index contributed by atoms with van der Waals surface area (Å²) >= 11 is 12.4. The summed E-state index contributed by atoms with van der Waals surface area (Å²) in [6, 6.07) is 15.5. The first-order valence-electron chi connectivity index (χ1n) is 6.04. The van der Waals surface area contributed by atoms with Crippen LogP contribution in [0.2, 0.25) is 0 Å². The van der Waals surface area contributed by atoms with Gasteiger partial charge in [0.05, 0.1) is 10.6 Å². The molecule has 0 aliphatic heterocycles. The number of hydrogen-bond acceptors (Lipinski definition) is 3. The zero-order valence-electron chi connectivity index (χ0n) is 11.1. The van der Waals surface area contributed by atoms with E-state index in [0.29, 0.717) is 11.3 Å². The number of sulfonamides is 1. The molecule has 0 amide bonds. The molecule has 2 rings (SSSR count). The van der Waals surface area contributed by atoms with Gasteiger partial charge in [-0.1, -0.05) is 59.6 Å². The van der Waals surface area contributed by atoms with Crippen molar-refractivity contribution in [1.29, 1.82) is 0 Å². The molecular weight excluding hydrogens is 349 g/mol. The molecule has 0 aromatic heterocycles. The molecule has 112 valence electrons. The van der Waals surface area contributed by atoms with E-state index >= 15 is 0 Å². The van der Waals surface area contributed by atoms with Gasteiger partial charge in [-0.3, -0.25) is 0 Å². The third kappa shape index (κ3) is 3.86. The van der Waals surface area contributed by atoms with Crippen molar-refractivity contribution in [3.8, 4) is 0 Å². The molecule has 3 nitrogen and oxygen atoms in total. The Kier molecular flexibility index (Phi) is 5.43. The van der Waals surface area contributed by atoms with E-state index in [9.17, 15) is 8.42 Å². The molecule has 0 saturated heterocycles. The van der Waals surface area contributed by atoms with Crippen molar-refractivity contribution in [2.75, 3.05) is 3.71 Å². The molecule has 0 fully saturated rings. The van der Waals surface area contributed by atoms with Crippen molar-refractivity contribution >= 4 is 50.9 Å². The van der Waals surface area contributed by atoms with Gasteiger partial charge in [0.25, 0.3) is 10.0 Å². The molecule has 0 atom stereocenters. The summed E-state index contributed by atoms with van der Waals surface area (Å²) in [5, 5.41) is 0. The molecule has 2 aromatic rings. The van der Waals surface area contributed by atoms with Crippen LogP contribution in [0.25, 0.3) is 0 Å². The Morgan fingerprint density at radius 2 is 1.57 bits per heavy atom. The summed E-state index contributed by atoms with van der Waals surface area (Å²) in [6.45, 7) is 1.75. The lowest BCUT2D eigenvalue weighted by Gasteiger charge is -2.24. The van der Waals surface area contributed by atoms with E-state index in [2.05, 4.69) is 0 Å². The second-order valence-corrected chi connectivity index (χ2v) is 8.85. The van der Waals surface area contributed by atoms with Crippen molar-refractivity contribution in [2.45, 2.75) is 16.0 Å². The summed E-state index contributed by atoms with van der Waals surface area (Å²) in [4.78, 5) is 0.232. The van der Waals surface area contributed by atoms with Crippen molar-refractivity contribution in [3.63, 3.8) is 0 Å². The second-order valence-electron chi connectivity index (χ2n) is 4.20. The van der Waals surface area contributed by atoms with Gasteiger partial charge in [-0.25, -0.2) is 12.1 Å². The molecule has 21 heavy (non-hydrogen) atoms. The van der Waals surface area contributed by atoms with E-state index in [1.165, 1.54) is 0 Å². The standard InChI is InChI=1S/C14H13Cl2NO2S2/c1-11-7-5-6-10-13(11)21(18,19)17(20-14(15)16)12-8-3-2-4-9-12/h2-10,14H,1H3. The molecule has 0 spiro atoms. The fraction of sp³-hybridized carbons (Fsp3) is 0.143. The van der Waals surface area contributed by atoms with E-state index in [1.54, 1.807) is 55.5 Å². The maximum Gasteiger partial charge on any atom is 0.274 e. The minimum atomic E-state index is -3.75. The number of alkyl halides is 2. The molecule has 0 aliphatic carbocycles. The maximum atomic E-state index is 12.9. The molecular formula is C14H13Cl2NO2S2. The van der Waals surface area contributed by atoms with Crippen molar-refractivity contribution < 1.29 is 8.42 Å².